The van der Waals surface area contributed by atoms with Gasteiger partial charge >= 0.3 is 45.5 Å². The molecule has 0 rings (SSSR count). The van der Waals surface area contributed by atoms with E-state index in [1.165, 1.54) is 0 Å². The Balaban J connectivity index is 0. The monoisotopic (exact) mass is 308 g/mol. The van der Waals surface area contributed by atoms with Gasteiger partial charge in [0, 0.05) is 0 Å². The third-order valence-electron chi connectivity index (χ3n) is 1.05. The number of unbranched alkanes of at least 4 members (excludes halogenated alkanes) is 1. The molecule has 0 radical (unpaired) electrons. The third-order valence-corrected chi connectivity index (χ3v) is 2.66. The molecule has 78 valence electrons. The number of rotatable bonds is 5. The van der Waals surface area contributed by atoms with Crippen molar-refractivity contribution in [2.75, 3.05) is 11.5 Å². The van der Waals surface area contributed by atoms with E-state index in [9.17, 15) is 16.8 Å². The topological polar surface area (TPSA) is 109 Å². The molecule has 0 aliphatic rings. The summed E-state index contributed by atoms with van der Waals surface area (Å²) in [6, 6.07) is 0. The molecule has 0 aromatic carbocycles. The summed E-state index contributed by atoms with van der Waals surface area (Å²) in [5, 5.41) is 0. The number of hydrogen-bond donors (Lipinski definition) is 2. The zero-order chi connectivity index (χ0) is 9.83. The Morgan fingerprint density at radius 1 is 0.769 bits per heavy atom. The molecule has 0 saturated carbocycles. The quantitative estimate of drug-likeness (QED) is 0.368. The van der Waals surface area contributed by atoms with Gasteiger partial charge in [0.05, 0.1) is 11.5 Å². The van der Waals surface area contributed by atoms with Crippen molar-refractivity contribution in [3.05, 3.63) is 0 Å². The van der Waals surface area contributed by atoms with Crippen molar-refractivity contribution >= 4 is 65.7 Å². The summed E-state index contributed by atoms with van der Waals surface area (Å²) in [7, 11) is -8.04. The number of hydrogen-bond acceptors (Lipinski definition) is 4. The van der Waals surface area contributed by atoms with E-state index >= 15 is 0 Å². The van der Waals surface area contributed by atoms with Crippen molar-refractivity contribution in [3.8, 4) is 0 Å². The predicted molar refractivity (Wildman–Crippen MR) is 50.6 cm³/mol. The minimum absolute atomic E-state index is 0. The molecule has 0 aromatic heterocycles. The average Bonchev–Trinajstić information content (AvgIpc) is 1.76. The van der Waals surface area contributed by atoms with Crippen molar-refractivity contribution in [3.63, 3.8) is 0 Å². The average molecular weight is 308 g/mol. The van der Waals surface area contributed by atoms with Gasteiger partial charge in [-0.1, -0.05) is 0 Å². The molecule has 6 nitrogen and oxygen atoms in total. The molecule has 0 aromatic rings. The van der Waals surface area contributed by atoms with E-state index in [-0.39, 0.29) is 58.3 Å². The van der Waals surface area contributed by atoms with Gasteiger partial charge in [0.1, 0.15) is 0 Å². The molecular formula is C4H12O6S2Sr. The van der Waals surface area contributed by atoms with E-state index in [2.05, 4.69) is 0 Å². The standard InChI is InChI=1S/C4H10O6S2.Sr.2H/c5-11(6,7)3-1-2-4-12(8,9)10;;;/h1-4H2,(H,5,6,7)(H,8,9,10);;;. The first-order valence-electron chi connectivity index (χ1n) is 3.11. The van der Waals surface area contributed by atoms with Crippen molar-refractivity contribution in [1.29, 1.82) is 0 Å². The Hall–Kier alpha value is 1.30. The molecule has 0 atom stereocenters. The van der Waals surface area contributed by atoms with Crippen LogP contribution in [-0.4, -0.2) is 82.9 Å². The van der Waals surface area contributed by atoms with Crippen molar-refractivity contribution in [2.24, 2.45) is 0 Å². The van der Waals surface area contributed by atoms with Gasteiger partial charge in [0.2, 0.25) is 0 Å². The summed E-state index contributed by atoms with van der Waals surface area (Å²) in [6.07, 6.45) is 0.0250. The maximum absolute atomic E-state index is 10.1. The van der Waals surface area contributed by atoms with Crippen LogP contribution in [0, 0.1) is 0 Å². The van der Waals surface area contributed by atoms with Crippen LogP contribution < -0.4 is 0 Å². The van der Waals surface area contributed by atoms with Crippen LogP contribution in [0.2, 0.25) is 0 Å². The van der Waals surface area contributed by atoms with E-state index in [4.69, 9.17) is 9.11 Å². The zero-order valence-corrected chi connectivity index (χ0v) is 7.81. The molecule has 0 unspecified atom stereocenters. The van der Waals surface area contributed by atoms with Crippen LogP contribution in [-0.2, 0) is 20.2 Å². The van der Waals surface area contributed by atoms with E-state index < -0.39 is 31.7 Å². The van der Waals surface area contributed by atoms with Gasteiger partial charge in [-0.05, 0) is 12.8 Å². The van der Waals surface area contributed by atoms with Crippen LogP contribution in [0.3, 0.4) is 0 Å². The summed E-state index contributed by atoms with van der Waals surface area (Å²) < 4.78 is 56.8. The molecule has 0 amide bonds. The fraction of sp³-hybridized carbons (Fsp3) is 1.00. The summed E-state index contributed by atoms with van der Waals surface area (Å²) in [6.45, 7) is 0. The van der Waals surface area contributed by atoms with Crippen LogP contribution in [0.15, 0.2) is 0 Å². The van der Waals surface area contributed by atoms with Crippen LogP contribution >= 0.6 is 0 Å². The van der Waals surface area contributed by atoms with Gasteiger partial charge in [0.25, 0.3) is 20.2 Å². The Labute approximate surface area is 114 Å². The van der Waals surface area contributed by atoms with Crippen molar-refractivity contribution in [2.45, 2.75) is 12.8 Å². The molecule has 0 saturated heterocycles. The third kappa shape index (κ3) is 16.0. The summed E-state index contributed by atoms with van der Waals surface area (Å²) in [5.41, 5.74) is 0. The Kier molecular flexibility index (Phi) is 8.65. The summed E-state index contributed by atoms with van der Waals surface area (Å²) in [4.78, 5) is 0. The molecule has 9 heteroatoms. The molecule has 0 spiro atoms. The van der Waals surface area contributed by atoms with Gasteiger partial charge in [-0.25, -0.2) is 0 Å². The van der Waals surface area contributed by atoms with Gasteiger partial charge in [-0.3, -0.25) is 9.11 Å². The molecule has 0 aliphatic heterocycles. The first kappa shape index (κ1) is 16.7. The second-order valence-corrected chi connectivity index (χ2v) is 5.42. The van der Waals surface area contributed by atoms with E-state index in [0.717, 1.165) is 0 Å². The van der Waals surface area contributed by atoms with Gasteiger partial charge < -0.3 is 0 Å². The van der Waals surface area contributed by atoms with Crippen molar-refractivity contribution in [1.82, 2.24) is 0 Å². The van der Waals surface area contributed by atoms with Gasteiger partial charge in [0.15, 0.2) is 0 Å². The second kappa shape index (κ2) is 6.72. The molecule has 2 N–H and O–H groups in total. The summed E-state index contributed by atoms with van der Waals surface area (Å²) in [5.74, 6) is -0.967. The van der Waals surface area contributed by atoms with Crippen LogP contribution in [0.1, 0.15) is 12.8 Å². The Morgan fingerprint density at radius 3 is 1.15 bits per heavy atom. The van der Waals surface area contributed by atoms with E-state index in [0.29, 0.717) is 0 Å². The van der Waals surface area contributed by atoms with E-state index in [1.807, 2.05) is 0 Å². The molecule has 13 heavy (non-hydrogen) atoms. The maximum atomic E-state index is 10.1. The SMILES string of the molecule is O=S(=O)(O)CCCCS(=O)(=O)O.[SrH2]. The fourth-order valence-corrected chi connectivity index (χ4v) is 1.71. The predicted octanol–water partition coefficient (Wildman–Crippen LogP) is -1.37. The normalized spacial score (nSPS) is 12.2. The minimum atomic E-state index is -4.02. The van der Waals surface area contributed by atoms with Gasteiger partial charge in [-0.2, -0.15) is 16.8 Å². The summed E-state index contributed by atoms with van der Waals surface area (Å²) >= 11 is 0. The molecular weight excluding hydrogens is 296 g/mol. The van der Waals surface area contributed by atoms with Crippen LogP contribution in [0.5, 0.6) is 0 Å². The first-order valence-corrected chi connectivity index (χ1v) is 6.33. The zero-order valence-electron chi connectivity index (χ0n) is 6.17. The van der Waals surface area contributed by atoms with Crippen LogP contribution in [0.4, 0.5) is 0 Å². The Morgan fingerprint density at radius 2 is 1.00 bits per heavy atom. The van der Waals surface area contributed by atoms with Gasteiger partial charge in [-0.15, -0.1) is 0 Å². The molecule has 0 bridgehead atoms. The van der Waals surface area contributed by atoms with Crippen LogP contribution in [0.25, 0.3) is 0 Å². The second-order valence-electron chi connectivity index (χ2n) is 2.28. The first-order chi connectivity index (χ1) is 5.21. The molecule has 0 heterocycles. The van der Waals surface area contributed by atoms with Crippen molar-refractivity contribution < 1.29 is 25.9 Å². The van der Waals surface area contributed by atoms with E-state index in [1.54, 1.807) is 0 Å². The molecule has 0 fully saturated rings. The fourth-order valence-electron chi connectivity index (χ4n) is 0.569. The molecule has 0 aliphatic carbocycles. The Bertz CT molecular complexity index is 283.